The first-order chi connectivity index (χ1) is 6.65. The zero-order valence-corrected chi connectivity index (χ0v) is 8.52. The van der Waals surface area contributed by atoms with Crippen LogP contribution in [0.2, 0.25) is 0 Å². The number of halogens is 1. The second-order valence-electron chi connectivity index (χ2n) is 3.28. The van der Waals surface area contributed by atoms with Gasteiger partial charge in [0.15, 0.2) is 0 Å². The summed E-state index contributed by atoms with van der Waals surface area (Å²) in [7, 11) is 0. The van der Waals surface area contributed by atoms with Crippen molar-refractivity contribution in [2.45, 2.75) is 20.3 Å². The van der Waals surface area contributed by atoms with Crippen molar-refractivity contribution in [3.63, 3.8) is 0 Å². The maximum absolute atomic E-state index is 13.4. The molecular formula is C12H14FN. The van der Waals surface area contributed by atoms with Gasteiger partial charge in [0, 0.05) is 13.0 Å². The Balaban J connectivity index is 3.04. The molecule has 0 radical (unpaired) electrons. The third-order valence-electron chi connectivity index (χ3n) is 1.91. The smallest absolute Gasteiger partial charge is 0.139 e. The van der Waals surface area contributed by atoms with Crippen molar-refractivity contribution in [1.29, 1.82) is 0 Å². The number of nitrogens with two attached hydrogens (primary N) is 1. The Bertz CT molecular complexity index is 362. The van der Waals surface area contributed by atoms with Gasteiger partial charge in [0.2, 0.25) is 0 Å². The average molecular weight is 191 g/mol. The monoisotopic (exact) mass is 191 g/mol. The number of hydrogen-bond acceptors (Lipinski definition) is 1. The number of hydrogen-bond donors (Lipinski definition) is 1. The molecule has 74 valence electrons. The van der Waals surface area contributed by atoms with Gasteiger partial charge >= 0.3 is 0 Å². The molecule has 1 aromatic carbocycles. The summed E-state index contributed by atoms with van der Waals surface area (Å²) in [6.45, 7) is 4.25. The number of aryl methyl sites for hydroxylation is 2. The molecule has 0 saturated heterocycles. The van der Waals surface area contributed by atoms with Crippen molar-refractivity contribution in [2.24, 2.45) is 5.73 Å². The van der Waals surface area contributed by atoms with Crippen LogP contribution in [-0.4, -0.2) is 6.54 Å². The summed E-state index contributed by atoms with van der Waals surface area (Å²) in [6, 6.07) is 3.43. The predicted molar refractivity (Wildman–Crippen MR) is 56.4 cm³/mol. The van der Waals surface area contributed by atoms with Gasteiger partial charge in [-0.25, -0.2) is 4.39 Å². The highest BCUT2D eigenvalue weighted by Crippen LogP contribution is 2.14. The second-order valence-corrected chi connectivity index (χ2v) is 3.28. The van der Waals surface area contributed by atoms with Gasteiger partial charge in [-0.1, -0.05) is 17.9 Å². The summed E-state index contributed by atoms with van der Waals surface area (Å²) in [5.41, 5.74) is 7.59. The molecule has 0 unspecified atom stereocenters. The summed E-state index contributed by atoms with van der Waals surface area (Å²) < 4.78 is 13.4. The fourth-order valence-electron chi connectivity index (χ4n) is 1.30. The van der Waals surface area contributed by atoms with Crippen LogP contribution in [0.15, 0.2) is 12.1 Å². The minimum Gasteiger partial charge on any atom is -0.330 e. The Morgan fingerprint density at radius 3 is 2.64 bits per heavy atom. The summed E-state index contributed by atoms with van der Waals surface area (Å²) in [5, 5.41) is 0. The summed E-state index contributed by atoms with van der Waals surface area (Å²) in [5.74, 6) is 5.40. The van der Waals surface area contributed by atoms with Crippen LogP contribution < -0.4 is 5.73 Å². The molecule has 1 nitrogen and oxygen atoms in total. The molecule has 2 N–H and O–H groups in total. The predicted octanol–water partition coefficient (Wildman–Crippen LogP) is 2.14. The minimum atomic E-state index is -0.243. The van der Waals surface area contributed by atoms with Crippen molar-refractivity contribution in [3.05, 3.63) is 34.6 Å². The van der Waals surface area contributed by atoms with Crippen LogP contribution in [0.25, 0.3) is 0 Å². The van der Waals surface area contributed by atoms with Gasteiger partial charge in [-0.15, -0.1) is 0 Å². The van der Waals surface area contributed by atoms with E-state index in [1.54, 1.807) is 0 Å². The summed E-state index contributed by atoms with van der Waals surface area (Å²) >= 11 is 0. The van der Waals surface area contributed by atoms with E-state index in [0.717, 1.165) is 11.1 Å². The molecule has 0 fully saturated rings. The molecule has 0 bridgehead atoms. The van der Waals surface area contributed by atoms with Crippen molar-refractivity contribution in [1.82, 2.24) is 0 Å². The second kappa shape index (κ2) is 4.78. The third-order valence-corrected chi connectivity index (χ3v) is 1.91. The number of benzene rings is 1. The maximum Gasteiger partial charge on any atom is 0.139 e. The van der Waals surface area contributed by atoms with E-state index in [0.29, 0.717) is 18.5 Å². The molecule has 14 heavy (non-hydrogen) atoms. The fraction of sp³-hybridized carbons (Fsp3) is 0.333. The van der Waals surface area contributed by atoms with Gasteiger partial charge in [-0.05, 0) is 31.0 Å². The molecule has 1 rings (SSSR count). The molecule has 0 amide bonds. The van der Waals surface area contributed by atoms with Crippen molar-refractivity contribution in [3.8, 4) is 11.8 Å². The highest BCUT2D eigenvalue weighted by Gasteiger charge is 2.03. The summed E-state index contributed by atoms with van der Waals surface area (Å²) in [4.78, 5) is 0. The van der Waals surface area contributed by atoms with Crippen LogP contribution in [0.4, 0.5) is 4.39 Å². The third kappa shape index (κ3) is 2.58. The Labute approximate surface area is 84.1 Å². The van der Waals surface area contributed by atoms with Crippen LogP contribution in [-0.2, 0) is 0 Å². The lowest BCUT2D eigenvalue weighted by Crippen LogP contribution is -1.96. The van der Waals surface area contributed by atoms with E-state index in [1.165, 1.54) is 6.07 Å². The standard InChI is InChI=1S/C12H14FN/c1-9-7-10(2)11(12(13)8-9)5-3-4-6-14/h7-8H,4,6,14H2,1-2H3. The van der Waals surface area contributed by atoms with Crippen molar-refractivity contribution >= 4 is 0 Å². The van der Waals surface area contributed by atoms with Crippen LogP contribution in [0.1, 0.15) is 23.1 Å². The van der Waals surface area contributed by atoms with Gasteiger partial charge in [0.1, 0.15) is 5.82 Å². The first kappa shape index (κ1) is 10.7. The molecule has 1 aromatic rings. The van der Waals surface area contributed by atoms with Crippen molar-refractivity contribution < 1.29 is 4.39 Å². The van der Waals surface area contributed by atoms with Crippen LogP contribution in [0, 0.1) is 31.5 Å². The van der Waals surface area contributed by atoms with Gasteiger partial charge in [0.05, 0.1) is 5.56 Å². The largest absolute Gasteiger partial charge is 0.330 e. The Kier molecular flexibility index (Phi) is 3.67. The van der Waals surface area contributed by atoms with Crippen LogP contribution in [0.5, 0.6) is 0 Å². The molecule has 0 spiro atoms. The lowest BCUT2D eigenvalue weighted by atomic mass is 10.1. The van der Waals surface area contributed by atoms with E-state index >= 15 is 0 Å². The zero-order chi connectivity index (χ0) is 10.6. The Morgan fingerprint density at radius 1 is 1.36 bits per heavy atom. The number of rotatable bonds is 1. The lowest BCUT2D eigenvalue weighted by Gasteiger charge is -2.01. The molecule has 0 saturated carbocycles. The molecule has 0 aliphatic heterocycles. The van der Waals surface area contributed by atoms with Crippen LogP contribution in [0.3, 0.4) is 0 Å². The topological polar surface area (TPSA) is 26.0 Å². The fourth-order valence-corrected chi connectivity index (χ4v) is 1.30. The Hall–Kier alpha value is -1.33. The van der Waals surface area contributed by atoms with Gasteiger partial charge in [-0.2, -0.15) is 0 Å². The first-order valence-electron chi connectivity index (χ1n) is 4.61. The van der Waals surface area contributed by atoms with Gasteiger partial charge in [-0.3, -0.25) is 0 Å². The lowest BCUT2D eigenvalue weighted by molar-refractivity contribution is 0.621. The van der Waals surface area contributed by atoms with Gasteiger partial charge in [0.25, 0.3) is 0 Å². The minimum absolute atomic E-state index is 0.243. The van der Waals surface area contributed by atoms with E-state index in [-0.39, 0.29) is 5.82 Å². The molecule has 0 atom stereocenters. The van der Waals surface area contributed by atoms with E-state index < -0.39 is 0 Å². The highest BCUT2D eigenvalue weighted by atomic mass is 19.1. The SMILES string of the molecule is Cc1cc(C)c(C#CCCN)c(F)c1. The van der Waals surface area contributed by atoms with Gasteiger partial charge < -0.3 is 5.73 Å². The molecule has 0 aliphatic carbocycles. The molecule has 2 heteroatoms. The maximum atomic E-state index is 13.4. The van der Waals surface area contributed by atoms with Crippen LogP contribution >= 0.6 is 0 Å². The average Bonchev–Trinajstić information content (AvgIpc) is 2.09. The van der Waals surface area contributed by atoms with E-state index in [9.17, 15) is 4.39 Å². The van der Waals surface area contributed by atoms with E-state index in [1.807, 2.05) is 19.9 Å². The van der Waals surface area contributed by atoms with Crippen molar-refractivity contribution in [2.75, 3.05) is 6.54 Å². The summed E-state index contributed by atoms with van der Waals surface area (Å²) in [6.07, 6.45) is 0.604. The Morgan fingerprint density at radius 2 is 2.07 bits per heavy atom. The first-order valence-corrected chi connectivity index (χ1v) is 4.61. The van der Waals surface area contributed by atoms with E-state index in [4.69, 9.17) is 5.73 Å². The zero-order valence-electron chi connectivity index (χ0n) is 8.52. The molecule has 0 heterocycles. The normalized spacial score (nSPS) is 9.43. The molecule has 0 aliphatic rings. The highest BCUT2D eigenvalue weighted by molar-refractivity contribution is 5.43. The molecular weight excluding hydrogens is 177 g/mol. The quantitative estimate of drug-likeness (QED) is 0.676. The van der Waals surface area contributed by atoms with E-state index in [2.05, 4.69) is 11.8 Å². The molecule has 0 aromatic heterocycles.